The molecule has 202 valence electrons. The van der Waals surface area contributed by atoms with Crippen molar-refractivity contribution in [2.75, 3.05) is 14.2 Å². The van der Waals surface area contributed by atoms with Crippen LogP contribution in [0.15, 0.2) is 70.3 Å². The summed E-state index contributed by atoms with van der Waals surface area (Å²) in [7, 11) is 3.03. The second kappa shape index (κ2) is 11.2. The molecule has 1 aromatic heterocycles. The van der Waals surface area contributed by atoms with E-state index in [-0.39, 0.29) is 25.0 Å². The normalized spacial score (nSPS) is 13.5. The van der Waals surface area contributed by atoms with Gasteiger partial charge in [0, 0.05) is 17.7 Å². The van der Waals surface area contributed by atoms with Crippen LogP contribution in [0, 0.1) is 6.92 Å². The van der Waals surface area contributed by atoms with E-state index in [1.165, 1.54) is 18.8 Å². The maximum Gasteiger partial charge on any atom is 0.332 e. The number of carbonyl (C=O) groups is 1. The van der Waals surface area contributed by atoms with Gasteiger partial charge in [-0.05, 0) is 49.1 Å². The van der Waals surface area contributed by atoms with Gasteiger partial charge in [0.1, 0.15) is 0 Å². The molecule has 5 rings (SSSR count). The minimum absolute atomic E-state index is 0.0698. The Morgan fingerprint density at radius 1 is 0.846 bits per heavy atom. The molecular weight excluding hydrogens is 494 g/mol. The first-order chi connectivity index (χ1) is 18.9. The Morgan fingerprint density at radius 2 is 1.41 bits per heavy atom. The van der Waals surface area contributed by atoms with Crippen molar-refractivity contribution < 1.29 is 14.3 Å². The minimum atomic E-state index is -0.427. The molecule has 4 aromatic rings. The van der Waals surface area contributed by atoms with Crippen molar-refractivity contribution in [3.8, 4) is 11.5 Å². The van der Waals surface area contributed by atoms with Crippen molar-refractivity contribution in [2.24, 2.45) is 0 Å². The molecule has 0 saturated heterocycles. The number of benzene rings is 3. The molecular formula is C31H33N3O5. The summed E-state index contributed by atoms with van der Waals surface area (Å²) in [5.41, 5.74) is 2.98. The summed E-state index contributed by atoms with van der Waals surface area (Å²) >= 11 is 0. The van der Waals surface area contributed by atoms with E-state index < -0.39 is 11.2 Å². The SMILES string of the molecule is COc1cc2c(=O)n(Cc3ccc(C(=O)NC4CCCC4)cc3)c(=O)n(Cc3ccc(C)cc3)c2cc1OC. The standard InChI is InChI=1S/C31H33N3O5/c1-20-8-10-21(11-9-20)18-33-26-17-28(39-3)27(38-2)16-25(26)30(36)34(31(33)37)19-22-12-14-23(15-13-22)29(35)32-24-6-4-5-7-24/h8-17,24H,4-7,18-19H2,1-3H3,(H,32,35). The maximum atomic E-state index is 13.8. The molecule has 0 aliphatic heterocycles. The first kappa shape index (κ1) is 26.3. The predicted molar refractivity (Wildman–Crippen MR) is 151 cm³/mol. The number of nitrogens with one attached hydrogen (secondary N) is 1. The number of aryl methyl sites for hydroxylation is 1. The number of methoxy groups -OCH3 is 2. The van der Waals surface area contributed by atoms with Gasteiger partial charge in [0.25, 0.3) is 11.5 Å². The first-order valence-electron chi connectivity index (χ1n) is 13.2. The van der Waals surface area contributed by atoms with Crippen LogP contribution in [0.1, 0.15) is 52.7 Å². The van der Waals surface area contributed by atoms with E-state index in [9.17, 15) is 14.4 Å². The van der Waals surface area contributed by atoms with E-state index >= 15 is 0 Å². The summed E-state index contributed by atoms with van der Waals surface area (Å²) in [6.45, 7) is 2.36. The highest BCUT2D eigenvalue weighted by Gasteiger charge is 2.19. The van der Waals surface area contributed by atoms with Gasteiger partial charge in [-0.2, -0.15) is 0 Å². The van der Waals surface area contributed by atoms with E-state index in [4.69, 9.17) is 9.47 Å². The maximum absolute atomic E-state index is 13.8. The number of aromatic nitrogens is 2. The van der Waals surface area contributed by atoms with Crippen LogP contribution in [0.25, 0.3) is 10.9 Å². The van der Waals surface area contributed by atoms with Crippen LogP contribution in [-0.4, -0.2) is 35.3 Å². The first-order valence-corrected chi connectivity index (χ1v) is 13.2. The zero-order chi connectivity index (χ0) is 27.5. The molecule has 39 heavy (non-hydrogen) atoms. The quantitative estimate of drug-likeness (QED) is 0.370. The zero-order valence-electron chi connectivity index (χ0n) is 22.5. The Morgan fingerprint density at radius 3 is 2.03 bits per heavy atom. The number of nitrogens with zero attached hydrogens (tertiary/aromatic N) is 2. The highest BCUT2D eigenvalue weighted by molar-refractivity contribution is 5.94. The van der Waals surface area contributed by atoms with E-state index in [0.717, 1.165) is 42.4 Å². The number of ether oxygens (including phenoxy) is 2. The average Bonchev–Trinajstić information content (AvgIpc) is 3.47. The third-order valence-corrected chi connectivity index (χ3v) is 7.44. The Balaban J connectivity index is 1.54. The molecule has 0 radical (unpaired) electrons. The Kier molecular flexibility index (Phi) is 7.54. The largest absolute Gasteiger partial charge is 0.493 e. The van der Waals surface area contributed by atoms with Gasteiger partial charge in [0.05, 0.1) is 38.2 Å². The number of rotatable bonds is 8. The lowest BCUT2D eigenvalue weighted by molar-refractivity contribution is 0.0938. The lowest BCUT2D eigenvalue weighted by Gasteiger charge is -2.17. The molecule has 8 heteroatoms. The molecule has 3 aromatic carbocycles. The van der Waals surface area contributed by atoms with Crippen molar-refractivity contribution in [1.29, 1.82) is 0 Å². The van der Waals surface area contributed by atoms with Crippen LogP contribution in [0.3, 0.4) is 0 Å². The van der Waals surface area contributed by atoms with Crippen LogP contribution in [0.2, 0.25) is 0 Å². The summed E-state index contributed by atoms with van der Waals surface area (Å²) in [6.07, 6.45) is 4.31. The number of hydrogen-bond acceptors (Lipinski definition) is 5. The Labute approximate surface area is 226 Å². The Bertz CT molecular complexity index is 1610. The fourth-order valence-corrected chi connectivity index (χ4v) is 5.20. The van der Waals surface area contributed by atoms with Gasteiger partial charge in [0.2, 0.25) is 0 Å². The molecule has 8 nitrogen and oxygen atoms in total. The second-order valence-electron chi connectivity index (χ2n) is 10.1. The highest BCUT2D eigenvalue weighted by atomic mass is 16.5. The van der Waals surface area contributed by atoms with E-state index in [2.05, 4.69) is 5.32 Å². The van der Waals surface area contributed by atoms with Crippen molar-refractivity contribution in [3.63, 3.8) is 0 Å². The fourth-order valence-electron chi connectivity index (χ4n) is 5.20. The summed E-state index contributed by atoms with van der Waals surface area (Å²) in [4.78, 5) is 40.1. The third kappa shape index (κ3) is 5.46. The number of carbonyl (C=O) groups excluding carboxylic acids is 1. The molecule has 1 N–H and O–H groups in total. The minimum Gasteiger partial charge on any atom is -0.493 e. The van der Waals surface area contributed by atoms with Gasteiger partial charge >= 0.3 is 5.69 Å². The summed E-state index contributed by atoms with van der Waals surface area (Å²) in [5, 5.41) is 3.44. The van der Waals surface area contributed by atoms with Gasteiger partial charge in [-0.25, -0.2) is 4.79 Å². The van der Waals surface area contributed by atoms with Crippen LogP contribution < -0.4 is 26.0 Å². The van der Waals surface area contributed by atoms with Crippen molar-refractivity contribution >= 4 is 16.8 Å². The predicted octanol–water partition coefficient (Wildman–Crippen LogP) is 4.26. The highest BCUT2D eigenvalue weighted by Crippen LogP contribution is 2.30. The fraction of sp³-hybridized carbons (Fsp3) is 0.323. The Hall–Kier alpha value is -4.33. The van der Waals surface area contributed by atoms with Crippen LogP contribution in [-0.2, 0) is 13.1 Å². The van der Waals surface area contributed by atoms with Crippen LogP contribution >= 0.6 is 0 Å². The molecule has 1 saturated carbocycles. The number of hydrogen-bond donors (Lipinski definition) is 1. The summed E-state index contributed by atoms with van der Waals surface area (Å²) in [6, 6.07) is 18.5. The van der Waals surface area contributed by atoms with Crippen LogP contribution in [0.5, 0.6) is 11.5 Å². The third-order valence-electron chi connectivity index (χ3n) is 7.44. The molecule has 1 fully saturated rings. The number of fused-ring (bicyclic) bond motifs is 1. The molecule has 0 spiro atoms. The zero-order valence-corrected chi connectivity index (χ0v) is 22.5. The smallest absolute Gasteiger partial charge is 0.332 e. The molecule has 1 heterocycles. The second-order valence-corrected chi connectivity index (χ2v) is 10.1. The van der Waals surface area contributed by atoms with E-state index in [1.807, 2.05) is 31.2 Å². The monoisotopic (exact) mass is 527 g/mol. The van der Waals surface area contributed by atoms with Crippen molar-refractivity contribution in [2.45, 2.75) is 51.7 Å². The molecule has 0 unspecified atom stereocenters. The number of amides is 1. The van der Waals surface area contributed by atoms with Gasteiger partial charge in [0.15, 0.2) is 11.5 Å². The van der Waals surface area contributed by atoms with Gasteiger partial charge in [-0.1, -0.05) is 54.8 Å². The van der Waals surface area contributed by atoms with E-state index in [1.54, 1.807) is 41.0 Å². The van der Waals surface area contributed by atoms with Gasteiger partial charge < -0.3 is 14.8 Å². The van der Waals surface area contributed by atoms with Crippen LogP contribution in [0.4, 0.5) is 0 Å². The molecule has 0 bridgehead atoms. The summed E-state index contributed by atoms with van der Waals surface area (Å²) in [5.74, 6) is 0.746. The van der Waals surface area contributed by atoms with E-state index in [0.29, 0.717) is 28.0 Å². The van der Waals surface area contributed by atoms with Gasteiger partial charge in [-0.15, -0.1) is 0 Å². The molecule has 1 amide bonds. The van der Waals surface area contributed by atoms with Gasteiger partial charge in [-0.3, -0.25) is 18.7 Å². The molecule has 1 aliphatic carbocycles. The molecule has 0 atom stereocenters. The lowest BCUT2D eigenvalue weighted by Crippen LogP contribution is -2.40. The van der Waals surface area contributed by atoms with Crippen molar-refractivity contribution in [1.82, 2.24) is 14.5 Å². The lowest BCUT2D eigenvalue weighted by atomic mass is 10.1. The summed E-state index contributed by atoms with van der Waals surface area (Å²) < 4.78 is 13.7. The molecule has 1 aliphatic rings. The topological polar surface area (TPSA) is 91.6 Å². The average molecular weight is 528 g/mol. The van der Waals surface area contributed by atoms with Crippen molar-refractivity contribution in [3.05, 3.63) is 104 Å².